The number of methoxy groups -OCH3 is 1. The highest BCUT2D eigenvalue weighted by atomic mass is 35.5. The number of hydrogen-bond donors (Lipinski definition) is 2. The maximum atomic E-state index is 10.5. The predicted molar refractivity (Wildman–Crippen MR) is 68.2 cm³/mol. The maximum Gasteiger partial charge on any atom is 0.168 e. The number of carbonyl (C=O) groups excluding carboxylic acids is 1. The summed E-state index contributed by atoms with van der Waals surface area (Å²) >= 11 is 0. The van der Waals surface area contributed by atoms with Crippen LogP contribution in [0.15, 0.2) is 24.3 Å². The first-order valence-electron chi connectivity index (χ1n) is 5.16. The van der Waals surface area contributed by atoms with Gasteiger partial charge in [0.25, 0.3) is 0 Å². The quantitative estimate of drug-likeness (QED) is 0.620. The average Bonchev–Trinajstić information content (AvgIpc) is 2.36. The van der Waals surface area contributed by atoms with E-state index in [9.17, 15) is 9.90 Å². The van der Waals surface area contributed by atoms with Gasteiger partial charge in [0.2, 0.25) is 0 Å². The molecule has 0 aliphatic heterocycles. The average molecular weight is 260 g/mol. The zero-order valence-corrected chi connectivity index (χ0v) is 10.7. The van der Waals surface area contributed by atoms with Gasteiger partial charge in [-0.1, -0.05) is 31.2 Å². The van der Waals surface area contributed by atoms with Crippen molar-refractivity contribution in [1.82, 2.24) is 0 Å². The van der Waals surface area contributed by atoms with Crippen molar-refractivity contribution < 1.29 is 14.6 Å². The number of nitrogens with two attached hydrogens (primary N) is 1. The number of hydrogen-bond acceptors (Lipinski definition) is 4. The molecule has 0 aromatic heterocycles. The molecule has 0 amide bonds. The summed E-state index contributed by atoms with van der Waals surface area (Å²) in [6, 6.07) is 6.66. The number of rotatable bonds is 5. The van der Waals surface area contributed by atoms with Crippen LogP contribution in [0.25, 0.3) is 0 Å². The lowest BCUT2D eigenvalue weighted by molar-refractivity contribution is -0.106. The summed E-state index contributed by atoms with van der Waals surface area (Å²) in [6.07, 6.45) is 0.449. The molecule has 96 valence electrons. The zero-order chi connectivity index (χ0) is 12.2. The molecule has 0 aliphatic carbocycles. The molecule has 5 heteroatoms. The van der Waals surface area contributed by atoms with E-state index in [0.29, 0.717) is 17.5 Å². The first-order chi connectivity index (χ1) is 7.58. The lowest BCUT2D eigenvalue weighted by Gasteiger charge is -2.32. The van der Waals surface area contributed by atoms with E-state index in [0.717, 1.165) is 6.29 Å². The molecule has 0 radical (unpaired) electrons. The van der Waals surface area contributed by atoms with Gasteiger partial charge in [-0.3, -0.25) is 10.5 Å². The largest absolute Gasteiger partial charge is 0.388 e. The van der Waals surface area contributed by atoms with Crippen LogP contribution in [-0.4, -0.2) is 24.6 Å². The Labute approximate surface area is 107 Å². The minimum absolute atomic E-state index is 0. The molecule has 0 fully saturated rings. The van der Waals surface area contributed by atoms with Gasteiger partial charge >= 0.3 is 0 Å². The van der Waals surface area contributed by atoms with E-state index in [2.05, 4.69) is 0 Å². The van der Waals surface area contributed by atoms with Gasteiger partial charge < -0.3 is 9.84 Å². The third-order valence-electron chi connectivity index (χ3n) is 2.72. The molecular weight excluding hydrogens is 242 g/mol. The van der Waals surface area contributed by atoms with Gasteiger partial charge in [-0.25, -0.2) is 0 Å². The summed E-state index contributed by atoms with van der Waals surface area (Å²) in [6.45, 7) is 1.82. The second-order valence-electron chi connectivity index (χ2n) is 3.66. The molecule has 0 spiro atoms. The van der Waals surface area contributed by atoms with E-state index < -0.39 is 11.8 Å². The molecular formula is C12H18ClNO3. The fourth-order valence-corrected chi connectivity index (χ4v) is 1.57. The van der Waals surface area contributed by atoms with E-state index in [-0.39, 0.29) is 12.4 Å². The highest BCUT2D eigenvalue weighted by molar-refractivity contribution is 5.85. The van der Waals surface area contributed by atoms with Gasteiger partial charge in [-0.05, 0) is 6.42 Å². The molecule has 0 unspecified atom stereocenters. The monoisotopic (exact) mass is 259 g/mol. The van der Waals surface area contributed by atoms with Crippen molar-refractivity contribution >= 4 is 18.7 Å². The third kappa shape index (κ3) is 3.26. The summed E-state index contributed by atoms with van der Waals surface area (Å²) in [5, 5.41) is 9.84. The second kappa shape index (κ2) is 6.71. The molecule has 4 nitrogen and oxygen atoms in total. The molecule has 2 atom stereocenters. The second-order valence-corrected chi connectivity index (χ2v) is 3.66. The number of aliphatic hydroxyl groups excluding tert-OH is 1. The van der Waals surface area contributed by atoms with Crippen LogP contribution in [-0.2, 0) is 10.5 Å². The highest BCUT2D eigenvalue weighted by Crippen LogP contribution is 2.25. The van der Waals surface area contributed by atoms with Gasteiger partial charge in [0.1, 0.15) is 12.4 Å². The molecule has 0 bridgehead atoms. The SMILES string of the molecule is CC[C@@H](O)[C@](N)(OC)c1ccc(C=O)cc1.Cl. The van der Waals surface area contributed by atoms with Crippen LogP contribution in [0.2, 0.25) is 0 Å². The van der Waals surface area contributed by atoms with E-state index in [4.69, 9.17) is 10.5 Å². The smallest absolute Gasteiger partial charge is 0.168 e. The van der Waals surface area contributed by atoms with Crippen molar-refractivity contribution in [3.05, 3.63) is 35.4 Å². The van der Waals surface area contributed by atoms with Crippen LogP contribution in [0.4, 0.5) is 0 Å². The van der Waals surface area contributed by atoms with E-state index in [1.54, 1.807) is 24.3 Å². The molecule has 1 aromatic rings. The molecule has 3 N–H and O–H groups in total. The number of carbonyl (C=O) groups is 1. The van der Waals surface area contributed by atoms with Gasteiger partial charge in [0, 0.05) is 18.2 Å². The molecule has 0 saturated carbocycles. The summed E-state index contributed by atoms with van der Waals surface area (Å²) in [7, 11) is 1.45. The molecule has 1 aromatic carbocycles. The molecule has 0 aliphatic rings. The first kappa shape index (κ1) is 16.1. The Bertz CT molecular complexity index is 355. The Morgan fingerprint density at radius 1 is 1.47 bits per heavy atom. The summed E-state index contributed by atoms with van der Waals surface area (Å²) < 4.78 is 5.19. The predicted octanol–water partition coefficient (Wildman–Crippen LogP) is 1.45. The van der Waals surface area contributed by atoms with Crippen molar-refractivity contribution in [1.29, 1.82) is 0 Å². The van der Waals surface area contributed by atoms with Gasteiger partial charge in [-0.15, -0.1) is 12.4 Å². The van der Waals surface area contributed by atoms with Crippen LogP contribution in [0, 0.1) is 0 Å². The van der Waals surface area contributed by atoms with Gasteiger partial charge in [0.05, 0.1) is 0 Å². The Morgan fingerprint density at radius 3 is 2.35 bits per heavy atom. The summed E-state index contributed by atoms with van der Waals surface area (Å²) in [4.78, 5) is 10.5. The van der Waals surface area contributed by atoms with Crippen LogP contribution in [0.1, 0.15) is 29.3 Å². The summed E-state index contributed by atoms with van der Waals surface area (Å²) in [5.41, 5.74) is 5.99. The number of ether oxygens (including phenoxy) is 1. The molecule has 17 heavy (non-hydrogen) atoms. The molecule has 1 rings (SSSR count). The number of halogens is 1. The molecule has 0 heterocycles. The van der Waals surface area contributed by atoms with Crippen molar-refractivity contribution in [3.8, 4) is 0 Å². The Hall–Kier alpha value is -0.940. The minimum atomic E-state index is -1.23. The fraction of sp³-hybridized carbons (Fsp3) is 0.417. The van der Waals surface area contributed by atoms with Crippen molar-refractivity contribution in [3.63, 3.8) is 0 Å². The van der Waals surface area contributed by atoms with E-state index in [1.807, 2.05) is 6.92 Å². The normalized spacial score (nSPS) is 15.5. The standard InChI is InChI=1S/C12H17NO3.ClH/c1-3-11(15)12(13,16-2)10-6-4-9(8-14)5-7-10;/h4-8,11,15H,3,13H2,1-2H3;1H/t11-,12-;/m1./s1. The topological polar surface area (TPSA) is 72.6 Å². The van der Waals surface area contributed by atoms with Crippen LogP contribution < -0.4 is 5.73 Å². The third-order valence-corrected chi connectivity index (χ3v) is 2.72. The molecule has 0 saturated heterocycles. The van der Waals surface area contributed by atoms with Gasteiger partial charge in [-0.2, -0.15) is 0 Å². The van der Waals surface area contributed by atoms with Crippen molar-refractivity contribution in [2.24, 2.45) is 5.73 Å². The minimum Gasteiger partial charge on any atom is -0.388 e. The Kier molecular flexibility index (Phi) is 6.34. The highest BCUT2D eigenvalue weighted by Gasteiger charge is 2.34. The summed E-state index contributed by atoms with van der Waals surface area (Å²) in [5.74, 6) is 0. The zero-order valence-electron chi connectivity index (χ0n) is 9.92. The number of benzene rings is 1. The van der Waals surface area contributed by atoms with E-state index in [1.165, 1.54) is 7.11 Å². The lowest BCUT2D eigenvalue weighted by atomic mass is 9.95. The van der Waals surface area contributed by atoms with Crippen molar-refractivity contribution in [2.75, 3.05) is 7.11 Å². The van der Waals surface area contributed by atoms with Crippen LogP contribution in [0.3, 0.4) is 0 Å². The Morgan fingerprint density at radius 2 is 2.00 bits per heavy atom. The number of aliphatic hydroxyl groups is 1. The Balaban J connectivity index is 0.00000256. The maximum absolute atomic E-state index is 10.5. The lowest BCUT2D eigenvalue weighted by Crippen LogP contribution is -2.49. The van der Waals surface area contributed by atoms with E-state index >= 15 is 0 Å². The van der Waals surface area contributed by atoms with Gasteiger partial charge in [0.15, 0.2) is 5.72 Å². The van der Waals surface area contributed by atoms with Crippen LogP contribution >= 0.6 is 12.4 Å². The van der Waals surface area contributed by atoms with Crippen LogP contribution in [0.5, 0.6) is 0 Å². The fourth-order valence-electron chi connectivity index (χ4n) is 1.57. The first-order valence-corrected chi connectivity index (χ1v) is 5.16. The van der Waals surface area contributed by atoms with Crippen molar-refractivity contribution in [2.45, 2.75) is 25.2 Å². The number of aldehydes is 1.